The van der Waals surface area contributed by atoms with Crippen LogP contribution in [0.15, 0.2) is 18.2 Å². The monoisotopic (exact) mass is 364 g/mol. The fourth-order valence-electron chi connectivity index (χ4n) is 1.60. The number of thioether (sulfide) groups is 1. The molecule has 1 N–H and O–H groups in total. The highest BCUT2D eigenvalue weighted by molar-refractivity contribution is 8.23. The maximum absolute atomic E-state index is 12.2. The second-order valence-corrected chi connectivity index (χ2v) is 7.05. The normalized spacial score (nSPS) is 11.9. The van der Waals surface area contributed by atoms with Crippen molar-refractivity contribution < 1.29 is 4.79 Å². The fourth-order valence-corrected chi connectivity index (χ4v) is 3.51. The molecule has 0 heterocycles. The van der Waals surface area contributed by atoms with E-state index in [-0.39, 0.29) is 11.2 Å². The number of nitrogens with zero attached hydrogens (tertiary/aromatic N) is 1. The molecular weight excluding hydrogens is 347 g/mol. The summed E-state index contributed by atoms with van der Waals surface area (Å²) in [7, 11) is 0. The minimum Gasteiger partial charge on any atom is -0.358 e. The van der Waals surface area contributed by atoms with Crippen molar-refractivity contribution in [3.05, 3.63) is 28.2 Å². The molecule has 0 fully saturated rings. The summed E-state index contributed by atoms with van der Waals surface area (Å²) in [5, 5.41) is 3.22. The Bertz CT molecular complexity index is 522. The lowest BCUT2D eigenvalue weighted by Gasteiger charge is -2.23. The first-order valence-corrected chi connectivity index (χ1v) is 8.65. The predicted molar refractivity (Wildman–Crippen MR) is 97.7 cm³/mol. The average Bonchev–Trinajstić information content (AvgIpc) is 2.45. The summed E-state index contributed by atoms with van der Waals surface area (Å²) in [4.78, 5) is 14.2. The number of carbonyl (C=O) groups excluding carboxylic acids is 1. The Balaban J connectivity index is 2.67. The molecule has 0 bridgehead atoms. The first kappa shape index (κ1) is 18.6. The molecule has 1 aromatic carbocycles. The van der Waals surface area contributed by atoms with E-state index >= 15 is 0 Å². The lowest BCUT2D eigenvalue weighted by molar-refractivity contribution is -0.115. The summed E-state index contributed by atoms with van der Waals surface area (Å²) in [6.45, 7) is 7.54. The maximum atomic E-state index is 12.2. The first-order valence-electron chi connectivity index (χ1n) is 6.61. The topological polar surface area (TPSA) is 32.3 Å². The van der Waals surface area contributed by atoms with Gasteiger partial charge in [0.05, 0.1) is 21.0 Å². The minimum absolute atomic E-state index is 0.154. The molecular formula is C14H18Cl2N2OS2. The number of halogens is 2. The number of carbonyl (C=O) groups is 1. The van der Waals surface area contributed by atoms with Gasteiger partial charge in [-0.05, 0) is 32.9 Å². The van der Waals surface area contributed by atoms with Crippen molar-refractivity contribution in [3.63, 3.8) is 0 Å². The van der Waals surface area contributed by atoms with E-state index in [1.54, 1.807) is 18.2 Å². The van der Waals surface area contributed by atoms with E-state index in [0.717, 1.165) is 17.4 Å². The quantitative estimate of drug-likeness (QED) is 0.768. The highest BCUT2D eigenvalue weighted by Crippen LogP contribution is 2.30. The molecule has 0 aliphatic carbocycles. The zero-order chi connectivity index (χ0) is 16.0. The first-order chi connectivity index (χ1) is 9.90. The van der Waals surface area contributed by atoms with Gasteiger partial charge in [0.15, 0.2) is 0 Å². The number of nitrogens with one attached hydrogen (secondary N) is 1. The molecule has 0 aliphatic heterocycles. The molecule has 3 nitrogen and oxygen atoms in total. The molecule has 1 amide bonds. The van der Waals surface area contributed by atoms with Crippen molar-refractivity contribution in [1.82, 2.24) is 4.90 Å². The van der Waals surface area contributed by atoms with Crippen LogP contribution in [0.5, 0.6) is 0 Å². The molecule has 21 heavy (non-hydrogen) atoms. The summed E-state index contributed by atoms with van der Waals surface area (Å²) < 4.78 is 0.722. The number of benzene rings is 1. The Kier molecular flexibility index (Phi) is 7.81. The Morgan fingerprint density at radius 1 is 1.38 bits per heavy atom. The summed E-state index contributed by atoms with van der Waals surface area (Å²) in [6, 6.07) is 5.13. The highest BCUT2D eigenvalue weighted by atomic mass is 35.5. The van der Waals surface area contributed by atoms with Gasteiger partial charge < -0.3 is 10.2 Å². The summed E-state index contributed by atoms with van der Waals surface area (Å²) in [5.74, 6) is -0.154. The van der Waals surface area contributed by atoms with E-state index in [2.05, 4.69) is 5.32 Å². The third-order valence-corrected chi connectivity index (χ3v) is 5.27. The van der Waals surface area contributed by atoms with Crippen LogP contribution in [-0.4, -0.2) is 33.5 Å². The van der Waals surface area contributed by atoms with Crippen LogP contribution in [0.4, 0.5) is 5.69 Å². The number of hydrogen-bond acceptors (Lipinski definition) is 3. The highest BCUT2D eigenvalue weighted by Gasteiger charge is 2.19. The van der Waals surface area contributed by atoms with E-state index in [1.165, 1.54) is 11.8 Å². The SMILES string of the molecule is CCN(CC)C(=S)SC(C)C(=O)Nc1cccc(Cl)c1Cl. The minimum atomic E-state index is -0.312. The summed E-state index contributed by atoms with van der Waals surface area (Å²) in [5.41, 5.74) is 0.510. The molecule has 0 saturated carbocycles. The number of hydrogen-bond donors (Lipinski definition) is 1. The Labute approximate surface area is 145 Å². The van der Waals surface area contributed by atoms with Crippen LogP contribution in [0.3, 0.4) is 0 Å². The molecule has 0 spiro atoms. The van der Waals surface area contributed by atoms with Gasteiger partial charge in [-0.2, -0.15) is 0 Å². The van der Waals surface area contributed by atoms with Crippen LogP contribution in [0.25, 0.3) is 0 Å². The molecule has 0 aliphatic rings. The molecule has 1 unspecified atom stereocenters. The van der Waals surface area contributed by atoms with E-state index < -0.39 is 0 Å². The second-order valence-electron chi connectivity index (χ2n) is 4.29. The lowest BCUT2D eigenvalue weighted by atomic mass is 10.3. The number of anilines is 1. The van der Waals surface area contributed by atoms with Gasteiger partial charge in [-0.15, -0.1) is 0 Å². The molecule has 0 radical (unpaired) electrons. The van der Waals surface area contributed by atoms with Crippen molar-refractivity contribution in [2.24, 2.45) is 0 Å². The van der Waals surface area contributed by atoms with Crippen molar-refractivity contribution >= 4 is 63.1 Å². The molecule has 1 rings (SSSR count). The van der Waals surface area contributed by atoms with Crippen LogP contribution < -0.4 is 5.32 Å². The standard InChI is InChI=1S/C14H18Cl2N2OS2/c1-4-18(5-2)14(20)21-9(3)13(19)17-11-8-6-7-10(15)12(11)16/h6-9H,4-5H2,1-3H3,(H,17,19). The molecule has 0 saturated heterocycles. The van der Waals surface area contributed by atoms with Crippen LogP contribution in [0.1, 0.15) is 20.8 Å². The van der Waals surface area contributed by atoms with Gasteiger partial charge in [-0.1, -0.05) is 53.2 Å². The molecule has 1 atom stereocenters. The zero-order valence-corrected chi connectivity index (χ0v) is 15.3. The van der Waals surface area contributed by atoms with Crippen LogP contribution in [0.2, 0.25) is 10.0 Å². The molecule has 7 heteroatoms. The largest absolute Gasteiger partial charge is 0.358 e. The van der Waals surface area contributed by atoms with Crippen molar-refractivity contribution in [2.75, 3.05) is 18.4 Å². The van der Waals surface area contributed by atoms with E-state index in [9.17, 15) is 4.79 Å². The van der Waals surface area contributed by atoms with Crippen LogP contribution in [0, 0.1) is 0 Å². The van der Waals surface area contributed by atoms with Crippen molar-refractivity contribution in [2.45, 2.75) is 26.0 Å². The number of amides is 1. The fraction of sp³-hybridized carbons (Fsp3) is 0.429. The van der Waals surface area contributed by atoms with Crippen molar-refractivity contribution in [3.8, 4) is 0 Å². The summed E-state index contributed by atoms with van der Waals surface area (Å²) >= 11 is 18.7. The van der Waals surface area contributed by atoms with Gasteiger partial charge in [-0.3, -0.25) is 4.79 Å². The molecule has 0 aromatic heterocycles. The Morgan fingerprint density at radius 3 is 2.57 bits per heavy atom. The average molecular weight is 365 g/mol. The van der Waals surface area contributed by atoms with E-state index in [1.807, 2.05) is 25.7 Å². The molecule has 1 aromatic rings. The van der Waals surface area contributed by atoms with Gasteiger partial charge in [0.25, 0.3) is 0 Å². The van der Waals surface area contributed by atoms with Crippen molar-refractivity contribution in [1.29, 1.82) is 0 Å². The Hall–Kier alpha value is -0.490. The third kappa shape index (κ3) is 5.33. The number of rotatable bonds is 5. The maximum Gasteiger partial charge on any atom is 0.237 e. The van der Waals surface area contributed by atoms with Gasteiger partial charge in [0.2, 0.25) is 5.91 Å². The van der Waals surface area contributed by atoms with E-state index in [4.69, 9.17) is 35.4 Å². The predicted octanol–water partition coefficient (Wildman–Crippen LogP) is 4.68. The number of thiocarbonyl (C=S) groups is 1. The van der Waals surface area contributed by atoms with Crippen LogP contribution in [-0.2, 0) is 4.79 Å². The van der Waals surface area contributed by atoms with Gasteiger partial charge in [-0.25, -0.2) is 0 Å². The van der Waals surface area contributed by atoms with Crippen LogP contribution >= 0.6 is 47.2 Å². The van der Waals surface area contributed by atoms with E-state index in [0.29, 0.717) is 15.7 Å². The smallest absolute Gasteiger partial charge is 0.237 e. The molecule has 116 valence electrons. The van der Waals surface area contributed by atoms with Gasteiger partial charge in [0, 0.05) is 13.1 Å². The summed E-state index contributed by atoms with van der Waals surface area (Å²) in [6.07, 6.45) is 0. The van der Waals surface area contributed by atoms with Gasteiger partial charge in [0.1, 0.15) is 4.32 Å². The zero-order valence-electron chi connectivity index (χ0n) is 12.2. The van der Waals surface area contributed by atoms with Gasteiger partial charge >= 0.3 is 0 Å². The third-order valence-electron chi connectivity index (χ3n) is 2.88. The lowest BCUT2D eigenvalue weighted by Crippen LogP contribution is -2.31. The Morgan fingerprint density at radius 2 is 2.00 bits per heavy atom. The second kappa shape index (κ2) is 8.83.